The minimum atomic E-state index is -0.829. The van der Waals surface area contributed by atoms with Gasteiger partial charge in [-0.25, -0.2) is 0 Å². The van der Waals surface area contributed by atoms with Crippen LogP contribution in [0, 0.1) is 0 Å². The number of carboxylic acids is 1. The number of hydrogen-bond donors (Lipinski definition) is 2. The summed E-state index contributed by atoms with van der Waals surface area (Å²) in [5, 5.41) is 12.5. The van der Waals surface area contributed by atoms with Crippen molar-refractivity contribution in [3.05, 3.63) is 0 Å². The van der Waals surface area contributed by atoms with Crippen molar-refractivity contribution >= 4 is 5.97 Å². The van der Waals surface area contributed by atoms with Gasteiger partial charge in [-0.2, -0.15) is 0 Å². The second-order valence-electron chi connectivity index (χ2n) is 6.12. The average molecular weight is 271 g/mol. The van der Waals surface area contributed by atoms with Gasteiger partial charge in [0, 0.05) is 25.2 Å². The highest BCUT2D eigenvalue weighted by molar-refractivity contribution is 5.78. The Kier molecular flexibility index (Phi) is 5.77. The lowest BCUT2D eigenvalue weighted by Gasteiger charge is -2.33. The molecule has 19 heavy (non-hydrogen) atoms. The molecule has 1 fully saturated rings. The maximum absolute atomic E-state index is 11.4. The maximum atomic E-state index is 11.4. The van der Waals surface area contributed by atoms with Gasteiger partial charge < -0.3 is 15.3 Å². The number of likely N-dealkylation sites (N-methyl/N-ethyl adjacent to an activating group) is 2. The number of nitrogens with one attached hydrogen (secondary N) is 1. The molecule has 1 heterocycles. The van der Waals surface area contributed by atoms with Gasteiger partial charge in [0.15, 0.2) is 0 Å². The third kappa shape index (κ3) is 4.16. The Bertz CT molecular complexity index is 309. The molecular weight excluding hydrogens is 242 g/mol. The molecule has 0 aromatic carbocycles. The molecule has 0 spiro atoms. The fraction of sp³-hybridized carbons (Fsp3) is 0.929. The van der Waals surface area contributed by atoms with Crippen molar-refractivity contribution in [2.75, 3.05) is 33.7 Å². The van der Waals surface area contributed by atoms with Gasteiger partial charge in [0.1, 0.15) is 5.54 Å². The normalized spacial score (nSPS) is 25.5. The molecule has 0 amide bonds. The van der Waals surface area contributed by atoms with Gasteiger partial charge in [0.2, 0.25) is 0 Å². The summed E-state index contributed by atoms with van der Waals surface area (Å²) < 4.78 is 0. The van der Waals surface area contributed by atoms with Crippen LogP contribution >= 0.6 is 0 Å². The Morgan fingerprint density at radius 1 is 1.58 bits per heavy atom. The van der Waals surface area contributed by atoms with E-state index < -0.39 is 11.5 Å². The van der Waals surface area contributed by atoms with Gasteiger partial charge in [-0.05, 0) is 47.3 Å². The third-order valence-electron chi connectivity index (χ3n) is 4.29. The predicted octanol–water partition coefficient (Wildman–Crippen LogP) is 0.854. The quantitative estimate of drug-likeness (QED) is 0.719. The Labute approximate surface area is 117 Å². The van der Waals surface area contributed by atoms with Gasteiger partial charge in [-0.15, -0.1) is 0 Å². The van der Waals surface area contributed by atoms with Crippen molar-refractivity contribution in [1.82, 2.24) is 15.1 Å². The van der Waals surface area contributed by atoms with Crippen LogP contribution < -0.4 is 5.32 Å². The van der Waals surface area contributed by atoms with Crippen molar-refractivity contribution in [3.8, 4) is 0 Å². The number of rotatable bonds is 7. The van der Waals surface area contributed by atoms with Gasteiger partial charge >= 0.3 is 5.97 Å². The summed E-state index contributed by atoms with van der Waals surface area (Å²) in [7, 11) is 4.22. The van der Waals surface area contributed by atoms with E-state index in [4.69, 9.17) is 0 Å². The van der Waals surface area contributed by atoms with E-state index in [2.05, 4.69) is 36.1 Å². The van der Waals surface area contributed by atoms with E-state index >= 15 is 0 Å². The molecule has 3 atom stereocenters. The van der Waals surface area contributed by atoms with Crippen LogP contribution in [0.15, 0.2) is 0 Å². The molecule has 1 saturated heterocycles. The molecule has 1 aliphatic rings. The summed E-state index contributed by atoms with van der Waals surface area (Å²) in [5.41, 5.74) is -0.829. The van der Waals surface area contributed by atoms with Gasteiger partial charge in [-0.3, -0.25) is 9.69 Å². The number of likely N-dealkylation sites (tertiary alicyclic amines) is 1. The molecular formula is C14H29N3O2. The van der Waals surface area contributed by atoms with Crippen LogP contribution in [0.4, 0.5) is 0 Å². The van der Waals surface area contributed by atoms with Gasteiger partial charge in [0.25, 0.3) is 0 Å². The molecule has 0 aromatic rings. The zero-order valence-corrected chi connectivity index (χ0v) is 12.9. The topological polar surface area (TPSA) is 55.8 Å². The predicted molar refractivity (Wildman–Crippen MR) is 77.5 cm³/mol. The van der Waals surface area contributed by atoms with Crippen LogP contribution in [-0.4, -0.2) is 72.2 Å². The molecule has 5 heteroatoms. The molecule has 3 unspecified atom stereocenters. The van der Waals surface area contributed by atoms with E-state index in [1.807, 2.05) is 6.92 Å². The van der Waals surface area contributed by atoms with Crippen LogP contribution in [0.3, 0.4) is 0 Å². The summed E-state index contributed by atoms with van der Waals surface area (Å²) in [6.45, 7) is 8.65. The van der Waals surface area contributed by atoms with E-state index in [0.29, 0.717) is 19.0 Å². The fourth-order valence-electron chi connectivity index (χ4n) is 2.94. The summed E-state index contributed by atoms with van der Waals surface area (Å²) in [4.78, 5) is 16.1. The Balaban J connectivity index is 2.59. The lowest BCUT2D eigenvalue weighted by atomic mass is 9.93. The molecule has 5 nitrogen and oxygen atoms in total. The summed E-state index contributed by atoms with van der Waals surface area (Å²) in [5.74, 6) is -0.760. The van der Waals surface area contributed by atoms with Crippen LogP contribution in [0.1, 0.15) is 33.6 Å². The van der Waals surface area contributed by atoms with Crippen LogP contribution in [0.25, 0.3) is 0 Å². The molecule has 0 aromatic heterocycles. The molecule has 0 aliphatic carbocycles. The number of nitrogens with zero attached hydrogens (tertiary/aromatic N) is 2. The van der Waals surface area contributed by atoms with Gasteiger partial charge in [-0.1, -0.05) is 6.92 Å². The number of aliphatic carboxylic acids is 1. The van der Waals surface area contributed by atoms with E-state index in [9.17, 15) is 9.90 Å². The summed E-state index contributed by atoms with van der Waals surface area (Å²) in [6.07, 6.45) is 1.80. The molecule has 0 bridgehead atoms. The largest absolute Gasteiger partial charge is 0.480 e. The SMILES string of the molecule is CCNC(C)(CC(C)N1CCC(N(C)C)C1)C(=O)O. The fourth-order valence-corrected chi connectivity index (χ4v) is 2.94. The minimum Gasteiger partial charge on any atom is -0.480 e. The van der Waals surface area contributed by atoms with E-state index in [1.54, 1.807) is 6.92 Å². The first-order chi connectivity index (χ1) is 8.80. The summed E-state index contributed by atoms with van der Waals surface area (Å²) in [6, 6.07) is 0.878. The standard InChI is InChI=1S/C14H29N3O2/c1-6-15-14(3,13(18)19)9-11(2)17-8-7-12(10-17)16(4)5/h11-12,15H,6-10H2,1-5H3,(H,18,19). The zero-order chi connectivity index (χ0) is 14.6. The highest BCUT2D eigenvalue weighted by atomic mass is 16.4. The monoisotopic (exact) mass is 271 g/mol. The van der Waals surface area contributed by atoms with Crippen molar-refractivity contribution < 1.29 is 9.90 Å². The van der Waals surface area contributed by atoms with Crippen molar-refractivity contribution in [3.63, 3.8) is 0 Å². The molecule has 1 aliphatic heterocycles. The maximum Gasteiger partial charge on any atom is 0.323 e. The lowest BCUT2D eigenvalue weighted by Crippen LogP contribution is -2.53. The first kappa shape index (κ1) is 16.4. The van der Waals surface area contributed by atoms with E-state index in [-0.39, 0.29) is 6.04 Å². The van der Waals surface area contributed by atoms with Crippen molar-refractivity contribution in [1.29, 1.82) is 0 Å². The highest BCUT2D eigenvalue weighted by Crippen LogP contribution is 2.22. The molecule has 112 valence electrons. The molecule has 0 radical (unpaired) electrons. The Hall–Kier alpha value is -0.650. The number of hydrogen-bond acceptors (Lipinski definition) is 4. The first-order valence-electron chi connectivity index (χ1n) is 7.19. The van der Waals surface area contributed by atoms with Crippen LogP contribution in [0.2, 0.25) is 0 Å². The Morgan fingerprint density at radius 3 is 2.63 bits per heavy atom. The molecule has 0 saturated carbocycles. The average Bonchev–Trinajstić information content (AvgIpc) is 2.78. The third-order valence-corrected chi connectivity index (χ3v) is 4.29. The highest BCUT2D eigenvalue weighted by Gasteiger charge is 2.37. The summed E-state index contributed by atoms with van der Waals surface area (Å²) >= 11 is 0. The lowest BCUT2D eigenvalue weighted by molar-refractivity contribution is -0.145. The second kappa shape index (κ2) is 6.68. The van der Waals surface area contributed by atoms with Crippen molar-refractivity contribution in [2.45, 2.75) is 51.2 Å². The van der Waals surface area contributed by atoms with Gasteiger partial charge in [0.05, 0.1) is 0 Å². The molecule has 1 rings (SSSR count). The van der Waals surface area contributed by atoms with Crippen LogP contribution in [0.5, 0.6) is 0 Å². The number of carboxylic acid groups (broad SMARTS) is 1. The van der Waals surface area contributed by atoms with Crippen LogP contribution in [-0.2, 0) is 4.79 Å². The first-order valence-corrected chi connectivity index (χ1v) is 7.19. The second-order valence-corrected chi connectivity index (χ2v) is 6.12. The van der Waals surface area contributed by atoms with Crippen molar-refractivity contribution in [2.24, 2.45) is 0 Å². The number of carbonyl (C=O) groups is 1. The zero-order valence-electron chi connectivity index (χ0n) is 12.9. The van der Waals surface area contributed by atoms with E-state index in [1.165, 1.54) is 6.42 Å². The smallest absolute Gasteiger partial charge is 0.323 e. The minimum absolute atomic E-state index is 0.282. The Morgan fingerprint density at radius 2 is 2.21 bits per heavy atom. The van der Waals surface area contributed by atoms with E-state index in [0.717, 1.165) is 13.1 Å². The molecule has 2 N–H and O–H groups in total.